The molecule has 1 heterocycles. The average molecular weight is 713 g/mol. The number of aliphatic hydroxyl groups excluding tert-OH is 1. The summed E-state index contributed by atoms with van der Waals surface area (Å²) in [6, 6.07) is -8.21. The number of hydrogen-bond donors (Lipinski definition) is 10. The predicted molar refractivity (Wildman–Crippen MR) is 181 cm³/mol. The summed E-state index contributed by atoms with van der Waals surface area (Å²) >= 11 is 0. The van der Waals surface area contributed by atoms with Crippen LogP contribution < -0.4 is 49.5 Å². The van der Waals surface area contributed by atoms with Gasteiger partial charge in [-0.05, 0) is 71.8 Å². The minimum Gasteiger partial charge on any atom is -0.391 e. The lowest BCUT2D eigenvalue weighted by atomic mass is 10.0. The van der Waals surface area contributed by atoms with Gasteiger partial charge < -0.3 is 59.5 Å². The Morgan fingerprint density at radius 3 is 1.90 bits per heavy atom. The lowest BCUT2D eigenvalue weighted by Crippen LogP contribution is -2.60. The van der Waals surface area contributed by atoms with Crippen molar-refractivity contribution in [3.05, 3.63) is 0 Å². The van der Waals surface area contributed by atoms with Gasteiger partial charge in [-0.15, -0.1) is 0 Å². The molecule has 1 saturated heterocycles. The maximum absolute atomic E-state index is 14.0. The third-order valence-electron chi connectivity index (χ3n) is 8.03. The van der Waals surface area contributed by atoms with E-state index in [9.17, 15) is 43.5 Å². The summed E-state index contributed by atoms with van der Waals surface area (Å²) in [5.74, 6) is -6.26. The Morgan fingerprint density at radius 1 is 0.780 bits per heavy atom. The molecular formula is C31H56N10O9. The van der Waals surface area contributed by atoms with E-state index < -0.39 is 102 Å². The first-order valence-electron chi connectivity index (χ1n) is 16.8. The van der Waals surface area contributed by atoms with Crippen LogP contribution in [0, 0.1) is 5.92 Å². The molecule has 0 aromatic heterocycles. The van der Waals surface area contributed by atoms with E-state index in [1.165, 1.54) is 25.7 Å². The number of rotatable bonds is 21. The van der Waals surface area contributed by atoms with Crippen LogP contribution in [-0.2, 0) is 38.4 Å². The van der Waals surface area contributed by atoms with Gasteiger partial charge in [-0.2, -0.15) is 0 Å². The summed E-state index contributed by atoms with van der Waals surface area (Å²) < 4.78 is 0. The molecule has 19 heteroatoms. The molecule has 19 nitrogen and oxygen atoms in total. The quantitative estimate of drug-likeness (QED) is 0.0507. The van der Waals surface area contributed by atoms with Gasteiger partial charge in [0.1, 0.15) is 36.3 Å². The fraction of sp³-hybridized carbons (Fsp3) is 0.742. The molecule has 1 aliphatic rings. The van der Waals surface area contributed by atoms with Gasteiger partial charge in [-0.25, -0.2) is 0 Å². The Balaban J connectivity index is 3.22. The summed E-state index contributed by atoms with van der Waals surface area (Å²) in [5.41, 5.74) is 21.8. The number of primary amides is 2. The highest BCUT2D eigenvalue weighted by molar-refractivity contribution is 5.98. The zero-order valence-electron chi connectivity index (χ0n) is 29.5. The number of hydrogen-bond acceptors (Lipinski definition) is 11. The maximum atomic E-state index is 14.0. The van der Waals surface area contributed by atoms with Crippen LogP contribution >= 0.6 is 0 Å². The predicted octanol–water partition coefficient (Wildman–Crippen LogP) is -4.31. The topological polar surface area (TPSA) is 324 Å². The molecule has 0 radical (unpaired) electrons. The Morgan fingerprint density at radius 2 is 1.38 bits per heavy atom. The molecular weight excluding hydrogens is 656 g/mol. The van der Waals surface area contributed by atoms with E-state index in [1.54, 1.807) is 0 Å². The Bertz CT molecular complexity index is 1230. The van der Waals surface area contributed by atoms with Gasteiger partial charge in [-0.1, -0.05) is 13.8 Å². The molecule has 284 valence electrons. The maximum Gasteiger partial charge on any atom is 0.245 e. The smallest absolute Gasteiger partial charge is 0.245 e. The van der Waals surface area contributed by atoms with Crippen LogP contribution in [0.25, 0.3) is 0 Å². The molecule has 50 heavy (non-hydrogen) atoms. The van der Waals surface area contributed by atoms with Crippen molar-refractivity contribution < 1.29 is 43.5 Å². The number of unbranched alkanes of at least 4 members (excludes halogenated alkanes) is 1. The molecule has 0 saturated carbocycles. The molecule has 0 spiro atoms. The van der Waals surface area contributed by atoms with Crippen molar-refractivity contribution in [1.29, 1.82) is 0 Å². The Hall–Kier alpha value is -4.36. The number of nitrogens with zero attached hydrogens (tertiary/aromatic N) is 1. The van der Waals surface area contributed by atoms with Gasteiger partial charge in [0.2, 0.25) is 47.3 Å². The molecule has 1 fully saturated rings. The lowest BCUT2D eigenvalue weighted by molar-refractivity contribution is -0.143. The molecule has 8 amide bonds. The second kappa shape index (κ2) is 21.0. The fourth-order valence-electron chi connectivity index (χ4n) is 5.30. The molecule has 1 rings (SSSR count). The first kappa shape index (κ1) is 43.7. The normalized spacial score (nSPS) is 18.4. The summed E-state index contributed by atoms with van der Waals surface area (Å²) in [4.78, 5) is 104. The first-order chi connectivity index (χ1) is 23.3. The highest BCUT2D eigenvalue weighted by Crippen LogP contribution is 2.21. The van der Waals surface area contributed by atoms with Crippen molar-refractivity contribution in [2.24, 2.45) is 28.9 Å². The fourth-order valence-corrected chi connectivity index (χ4v) is 5.30. The van der Waals surface area contributed by atoms with E-state index in [-0.39, 0.29) is 31.7 Å². The number of amides is 8. The highest BCUT2D eigenvalue weighted by atomic mass is 16.3. The van der Waals surface area contributed by atoms with Crippen LogP contribution in [0.2, 0.25) is 0 Å². The highest BCUT2D eigenvalue weighted by Gasteiger charge is 2.40. The minimum absolute atomic E-state index is 0.0533. The van der Waals surface area contributed by atoms with Crippen LogP contribution in [0.5, 0.6) is 0 Å². The molecule has 8 atom stereocenters. The van der Waals surface area contributed by atoms with E-state index in [4.69, 9.17) is 22.9 Å². The third-order valence-corrected chi connectivity index (χ3v) is 8.03. The summed E-state index contributed by atoms with van der Waals surface area (Å²) in [6.45, 7) is 8.27. The van der Waals surface area contributed by atoms with E-state index in [0.29, 0.717) is 25.8 Å². The van der Waals surface area contributed by atoms with Crippen LogP contribution in [0.15, 0.2) is 0 Å². The van der Waals surface area contributed by atoms with Gasteiger partial charge in [0.25, 0.3) is 0 Å². The number of nitrogens with one attached hydrogen (secondary N) is 5. The Labute approximate surface area is 292 Å². The number of carbonyl (C=O) groups is 8. The number of likely N-dealkylation sites (tertiary alicyclic amines) is 1. The van der Waals surface area contributed by atoms with Gasteiger partial charge in [0.15, 0.2) is 0 Å². The van der Waals surface area contributed by atoms with E-state index in [0.717, 1.165) is 0 Å². The zero-order valence-corrected chi connectivity index (χ0v) is 29.5. The van der Waals surface area contributed by atoms with Crippen molar-refractivity contribution in [3.8, 4) is 0 Å². The van der Waals surface area contributed by atoms with Crippen LogP contribution in [0.4, 0.5) is 0 Å². The second-order valence-electron chi connectivity index (χ2n) is 13.1. The summed E-state index contributed by atoms with van der Waals surface area (Å²) in [6.07, 6.45) is -0.0792. The zero-order chi connectivity index (χ0) is 38.3. The van der Waals surface area contributed by atoms with Crippen molar-refractivity contribution in [2.45, 2.75) is 128 Å². The largest absolute Gasteiger partial charge is 0.391 e. The second-order valence-corrected chi connectivity index (χ2v) is 13.1. The molecule has 0 unspecified atom stereocenters. The van der Waals surface area contributed by atoms with Gasteiger partial charge in [-0.3, -0.25) is 38.4 Å². The van der Waals surface area contributed by atoms with Crippen molar-refractivity contribution >= 4 is 47.3 Å². The SMILES string of the molecule is CC(C)C[C@H](NC(=O)[C@H](C)NC(=O)[C@H](C)N)C(=O)N[C@@H](CCCCN)C(=O)N1CCC[C@H]1C(=O)N[C@@H](CC(N)=O)C(=O)N[C@H](C(N)=O)[C@@H](C)O. The van der Waals surface area contributed by atoms with Gasteiger partial charge in [0.05, 0.1) is 18.6 Å². The lowest BCUT2D eigenvalue weighted by Gasteiger charge is -2.31. The number of carbonyl (C=O) groups excluding carboxylic acids is 8. The third kappa shape index (κ3) is 14.2. The molecule has 1 aliphatic heterocycles. The van der Waals surface area contributed by atoms with Gasteiger partial charge >= 0.3 is 0 Å². The van der Waals surface area contributed by atoms with E-state index in [2.05, 4.69) is 26.6 Å². The van der Waals surface area contributed by atoms with E-state index >= 15 is 0 Å². The monoisotopic (exact) mass is 712 g/mol. The molecule has 0 aliphatic carbocycles. The average Bonchev–Trinajstić information content (AvgIpc) is 3.51. The minimum atomic E-state index is -1.56. The summed E-state index contributed by atoms with van der Waals surface area (Å²) in [7, 11) is 0. The molecule has 0 aromatic rings. The van der Waals surface area contributed by atoms with Crippen molar-refractivity contribution in [1.82, 2.24) is 31.5 Å². The van der Waals surface area contributed by atoms with Crippen molar-refractivity contribution in [3.63, 3.8) is 0 Å². The summed E-state index contributed by atoms with van der Waals surface area (Å²) in [5, 5.41) is 22.3. The molecule has 14 N–H and O–H groups in total. The van der Waals surface area contributed by atoms with Crippen molar-refractivity contribution in [2.75, 3.05) is 13.1 Å². The number of aliphatic hydroxyl groups is 1. The molecule has 0 bridgehead atoms. The Kier molecular flexibility index (Phi) is 18.3. The first-order valence-corrected chi connectivity index (χ1v) is 16.8. The van der Waals surface area contributed by atoms with Gasteiger partial charge in [0, 0.05) is 6.54 Å². The number of nitrogens with two attached hydrogens (primary N) is 4. The van der Waals surface area contributed by atoms with Crippen LogP contribution in [0.3, 0.4) is 0 Å². The molecule has 0 aromatic carbocycles. The van der Waals surface area contributed by atoms with Crippen LogP contribution in [-0.4, -0.2) is 119 Å². The van der Waals surface area contributed by atoms with E-state index in [1.807, 2.05) is 13.8 Å². The van der Waals surface area contributed by atoms with Crippen LogP contribution in [0.1, 0.15) is 79.6 Å². The standard InChI is InChI=1S/C31H56N10O9/c1-15(2)13-20(38-27(46)17(4)36-26(45)16(3)33)28(47)37-19(9-6-7-11-32)31(50)41-12-8-10-22(41)30(49)39-21(14-23(34)43)29(48)40-24(18(5)42)25(35)44/h15-22,24,42H,6-14,32-33H2,1-5H3,(H2,34,43)(H2,35,44)(H,36,45)(H,37,47)(H,38,46)(H,39,49)(H,40,48)/t16-,17-,18+,19-,20-,21-,22-,24-/m0/s1.